The number of pyridine rings is 1. The van der Waals surface area contributed by atoms with Crippen LogP contribution in [0.25, 0.3) is 0 Å². The van der Waals surface area contributed by atoms with Gasteiger partial charge < -0.3 is 9.88 Å². The minimum atomic E-state index is -0.414. The highest BCUT2D eigenvalue weighted by Crippen LogP contribution is 2.29. The molecule has 1 aliphatic rings. The van der Waals surface area contributed by atoms with Crippen molar-refractivity contribution in [2.24, 2.45) is 0 Å². The standard InChI is InChI=1S/C21H21ClN4O2/c22-17-10-18(20(27)23-12-17)21(28)26-8-4-7-15(13-26)19-16(11-24-25-19)9-14-5-2-1-3-6-14/h1-3,5-6,10-12,15H,4,7-9,13H2,(H,23,27)(H,24,25)/t15-/m0/s1. The van der Waals surface area contributed by atoms with Crippen LogP contribution in [0.5, 0.6) is 0 Å². The maximum Gasteiger partial charge on any atom is 0.260 e. The number of halogens is 1. The molecule has 0 radical (unpaired) electrons. The molecular formula is C21H21ClN4O2. The number of rotatable bonds is 4. The van der Waals surface area contributed by atoms with E-state index in [-0.39, 0.29) is 17.4 Å². The lowest BCUT2D eigenvalue weighted by molar-refractivity contribution is 0.0703. The van der Waals surface area contributed by atoms with Crippen molar-refractivity contribution in [2.45, 2.75) is 25.2 Å². The summed E-state index contributed by atoms with van der Waals surface area (Å²) in [7, 11) is 0. The fourth-order valence-corrected chi connectivity index (χ4v) is 3.98. The molecule has 3 aromatic rings. The van der Waals surface area contributed by atoms with Crippen molar-refractivity contribution in [2.75, 3.05) is 13.1 Å². The number of benzene rings is 1. The molecule has 2 aromatic heterocycles. The second-order valence-electron chi connectivity index (χ2n) is 7.12. The summed E-state index contributed by atoms with van der Waals surface area (Å²) in [5, 5.41) is 7.73. The third-order valence-electron chi connectivity index (χ3n) is 5.20. The molecule has 1 saturated heterocycles. The summed E-state index contributed by atoms with van der Waals surface area (Å²) in [4.78, 5) is 29.2. The van der Waals surface area contributed by atoms with Crippen molar-refractivity contribution in [3.05, 3.63) is 86.6 Å². The van der Waals surface area contributed by atoms with Gasteiger partial charge in [-0.25, -0.2) is 0 Å². The molecule has 0 aliphatic carbocycles. The number of carbonyl (C=O) groups excluding carboxylic acids is 1. The van der Waals surface area contributed by atoms with Crippen molar-refractivity contribution in [3.63, 3.8) is 0 Å². The van der Waals surface area contributed by atoms with Gasteiger partial charge >= 0.3 is 0 Å². The summed E-state index contributed by atoms with van der Waals surface area (Å²) in [5.74, 6) is -0.116. The summed E-state index contributed by atoms with van der Waals surface area (Å²) in [6.45, 7) is 1.18. The molecule has 6 nitrogen and oxygen atoms in total. The highest BCUT2D eigenvalue weighted by Gasteiger charge is 2.29. The fraction of sp³-hybridized carbons (Fsp3) is 0.286. The summed E-state index contributed by atoms with van der Waals surface area (Å²) < 4.78 is 0. The van der Waals surface area contributed by atoms with Gasteiger partial charge in [0.15, 0.2) is 0 Å². The molecule has 4 rings (SSSR count). The average molecular weight is 397 g/mol. The van der Waals surface area contributed by atoms with Crippen LogP contribution in [0.1, 0.15) is 45.9 Å². The van der Waals surface area contributed by atoms with Crippen molar-refractivity contribution in [1.82, 2.24) is 20.1 Å². The molecule has 2 N–H and O–H groups in total. The first kappa shape index (κ1) is 18.5. The number of piperidine rings is 1. The lowest BCUT2D eigenvalue weighted by atomic mass is 9.90. The van der Waals surface area contributed by atoms with Gasteiger partial charge in [0.1, 0.15) is 5.56 Å². The van der Waals surface area contributed by atoms with E-state index in [9.17, 15) is 9.59 Å². The molecule has 3 heterocycles. The third-order valence-corrected chi connectivity index (χ3v) is 5.42. The molecule has 7 heteroatoms. The molecule has 0 bridgehead atoms. The zero-order valence-corrected chi connectivity index (χ0v) is 16.1. The summed E-state index contributed by atoms with van der Waals surface area (Å²) in [5.41, 5.74) is 3.11. The number of amides is 1. The van der Waals surface area contributed by atoms with Gasteiger partial charge in [-0.2, -0.15) is 5.10 Å². The van der Waals surface area contributed by atoms with E-state index in [4.69, 9.17) is 11.6 Å². The van der Waals surface area contributed by atoms with Crippen LogP contribution < -0.4 is 5.56 Å². The van der Waals surface area contributed by atoms with E-state index < -0.39 is 5.56 Å². The van der Waals surface area contributed by atoms with Gasteiger partial charge in [0.05, 0.1) is 11.2 Å². The van der Waals surface area contributed by atoms with Crippen molar-refractivity contribution >= 4 is 17.5 Å². The quantitative estimate of drug-likeness (QED) is 0.709. The maximum absolute atomic E-state index is 12.9. The van der Waals surface area contributed by atoms with Crippen LogP contribution >= 0.6 is 11.6 Å². The van der Waals surface area contributed by atoms with Crippen LogP contribution in [-0.4, -0.2) is 39.1 Å². The zero-order chi connectivity index (χ0) is 19.5. The highest BCUT2D eigenvalue weighted by molar-refractivity contribution is 6.30. The van der Waals surface area contributed by atoms with Crippen LogP contribution in [0.15, 0.2) is 53.6 Å². The molecule has 0 spiro atoms. The number of hydrogen-bond donors (Lipinski definition) is 2. The zero-order valence-electron chi connectivity index (χ0n) is 15.3. The molecule has 1 atom stereocenters. The SMILES string of the molecule is O=C(c1cc(Cl)c[nH]c1=O)N1CCC[C@H](c2[nH]ncc2Cc2ccccc2)C1. The van der Waals surface area contributed by atoms with E-state index >= 15 is 0 Å². The Hall–Kier alpha value is -2.86. The van der Waals surface area contributed by atoms with Crippen molar-refractivity contribution in [1.29, 1.82) is 0 Å². The third kappa shape index (κ3) is 3.87. The first-order valence-corrected chi connectivity index (χ1v) is 9.73. The van der Waals surface area contributed by atoms with Gasteiger partial charge in [-0.1, -0.05) is 41.9 Å². The minimum Gasteiger partial charge on any atom is -0.338 e. The van der Waals surface area contributed by atoms with Crippen molar-refractivity contribution in [3.8, 4) is 0 Å². The number of likely N-dealkylation sites (tertiary alicyclic amines) is 1. The van der Waals surface area contributed by atoms with Gasteiger partial charge in [-0.3, -0.25) is 14.7 Å². The van der Waals surface area contributed by atoms with Crippen LogP contribution in [0.2, 0.25) is 5.02 Å². The number of aromatic nitrogens is 3. The average Bonchev–Trinajstić information content (AvgIpc) is 3.18. The van der Waals surface area contributed by atoms with Crippen LogP contribution in [0.3, 0.4) is 0 Å². The predicted octanol–water partition coefficient (Wildman–Crippen LogP) is 3.36. The number of hydrogen-bond acceptors (Lipinski definition) is 3. The number of nitrogens with one attached hydrogen (secondary N) is 2. The fourth-order valence-electron chi connectivity index (χ4n) is 3.81. The molecule has 28 heavy (non-hydrogen) atoms. The molecule has 1 aliphatic heterocycles. The Morgan fingerprint density at radius 1 is 1.29 bits per heavy atom. The van der Waals surface area contributed by atoms with Gasteiger partial charge in [0.25, 0.3) is 11.5 Å². The molecule has 1 amide bonds. The van der Waals surface area contributed by atoms with E-state index in [0.717, 1.165) is 30.5 Å². The Labute approximate surface area is 167 Å². The first-order valence-electron chi connectivity index (χ1n) is 9.35. The summed E-state index contributed by atoms with van der Waals surface area (Å²) in [6, 6.07) is 11.7. The largest absolute Gasteiger partial charge is 0.338 e. The molecular weight excluding hydrogens is 376 g/mol. The smallest absolute Gasteiger partial charge is 0.260 e. The van der Waals surface area contributed by atoms with E-state index in [1.807, 2.05) is 24.4 Å². The van der Waals surface area contributed by atoms with Gasteiger partial charge in [-0.15, -0.1) is 0 Å². The monoisotopic (exact) mass is 396 g/mol. The predicted molar refractivity (Wildman–Crippen MR) is 108 cm³/mol. The van der Waals surface area contributed by atoms with Gasteiger partial charge in [0, 0.05) is 37.3 Å². The van der Waals surface area contributed by atoms with Gasteiger partial charge in [-0.05, 0) is 30.0 Å². The molecule has 1 aromatic carbocycles. The Morgan fingerprint density at radius 2 is 2.11 bits per heavy atom. The Morgan fingerprint density at radius 3 is 2.93 bits per heavy atom. The number of carbonyl (C=O) groups is 1. The van der Waals surface area contributed by atoms with E-state index in [1.54, 1.807) is 4.90 Å². The van der Waals surface area contributed by atoms with Crippen molar-refractivity contribution < 1.29 is 4.79 Å². The van der Waals surface area contributed by atoms with Crippen LogP contribution in [0, 0.1) is 0 Å². The second-order valence-corrected chi connectivity index (χ2v) is 7.56. The van der Waals surface area contributed by atoms with E-state index in [1.165, 1.54) is 17.8 Å². The maximum atomic E-state index is 12.9. The molecule has 0 unspecified atom stereocenters. The van der Waals surface area contributed by atoms with Crippen LogP contribution in [-0.2, 0) is 6.42 Å². The topological polar surface area (TPSA) is 81.9 Å². The minimum absolute atomic E-state index is 0.0854. The van der Waals surface area contributed by atoms with Crippen LogP contribution in [0.4, 0.5) is 0 Å². The Balaban J connectivity index is 1.53. The Kier molecular flexibility index (Phi) is 5.30. The lowest BCUT2D eigenvalue weighted by Crippen LogP contribution is -2.41. The first-order chi connectivity index (χ1) is 13.6. The molecule has 0 saturated carbocycles. The molecule has 1 fully saturated rings. The lowest BCUT2D eigenvalue weighted by Gasteiger charge is -2.32. The van der Waals surface area contributed by atoms with E-state index in [0.29, 0.717) is 18.1 Å². The highest BCUT2D eigenvalue weighted by atomic mass is 35.5. The number of H-pyrrole nitrogens is 2. The summed E-state index contributed by atoms with van der Waals surface area (Å²) in [6.07, 6.45) is 5.90. The normalized spacial score (nSPS) is 16.9. The summed E-state index contributed by atoms with van der Waals surface area (Å²) >= 11 is 5.95. The second kappa shape index (κ2) is 8.02. The van der Waals surface area contributed by atoms with E-state index in [2.05, 4.69) is 27.3 Å². The van der Waals surface area contributed by atoms with Gasteiger partial charge in [0.2, 0.25) is 0 Å². The Bertz CT molecular complexity index is 1030. The number of nitrogens with zero attached hydrogens (tertiary/aromatic N) is 2. The molecule has 144 valence electrons. The number of aromatic amines is 2.